The summed E-state index contributed by atoms with van der Waals surface area (Å²) >= 11 is 0. The summed E-state index contributed by atoms with van der Waals surface area (Å²) in [6.07, 6.45) is -0.570. The number of amides is 1. The minimum absolute atomic E-state index is 0.0781. The van der Waals surface area contributed by atoms with E-state index in [0.717, 1.165) is 0 Å². The lowest BCUT2D eigenvalue weighted by atomic mass is 10.1. The highest BCUT2D eigenvalue weighted by molar-refractivity contribution is 7.91. The Bertz CT molecular complexity index is 1010. The first-order valence-corrected chi connectivity index (χ1v) is 10.5. The Morgan fingerprint density at radius 2 is 1.96 bits per heavy atom. The maximum absolute atomic E-state index is 13.3. The van der Waals surface area contributed by atoms with E-state index < -0.39 is 39.8 Å². The number of rotatable bonds is 5. The molecule has 1 amide bonds. The van der Waals surface area contributed by atoms with Crippen LogP contribution in [-0.4, -0.2) is 26.0 Å². The van der Waals surface area contributed by atoms with Crippen molar-refractivity contribution in [1.29, 1.82) is 0 Å². The van der Waals surface area contributed by atoms with Crippen molar-refractivity contribution in [2.45, 2.75) is 37.0 Å². The van der Waals surface area contributed by atoms with Crippen molar-refractivity contribution in [1.82, 2.24) is 0 Å². The van der Waals surface area contributed by atoms with Crippen LogP contribution in [0.5, 0.6) is 0 Å². The second-order valence-electron chi connectivity index (χ2n) is 7.19. The average molecular weight is 411 g/mol. The predicted octanol–water partition coefficient (Wildman–Crippen LogP) is 4.60. The van der Waals surface area contributed by atoms with Gasteiger partial charge in [0.15, 0.2) is 9.84 Å². The summed E-state index contributed by atoms with van der Waals surface area (Å²) in [5, 5.41) is 2.59. The molecule has 1 aliphatic carbocycles. The van der Waals surface area contributed by atoms with Gasteiger partial charge in [-0.25, -0.2) is 21.6 Å². The van der Waals surface area contributed by atoms with E-state index in [9.17, 15) is 26.4 Å². The normalized spacial score (nSPS) is 18.8. The molecule has 1 aliphatic rings. The van der Waals surface area contributed by atoms with Crippen LogP contribution in [0.25, 0.3) is 0 Å². The molecular weight excluding hydrogens is 391 g/mol. The Morgan fingerprint density at radius 1 is 1.21 bits per heavy atom. The van der Waals surface area contributed by atoms with Crippen molar-refractivity contribution < 1.29 is 26.4 Å². The zero-order valence-corrected chi connectivity index (χ0v) is 16.0. The lowest BCUT2D eigenvalue weighted by Crippen LogP contribution is -2.18. The molecule has 0 heterocycles. The number of halogens is 3. The van der Waals surface area contributed by atoms with Crippen LogP contribution in [-0.2, 0) is 9.84 Å². The zero-order valence-electron chi connectivity index (χ0n) is 15.2. The van der Waals surface area contributed by atoms with Crippen molar-refractivity contribution in [3.8, 4) is 0 Å². The molecule has 1 atom stereocenters. The number of carbonyl (C=O) groups excluding carboxylic acids is 1. The fourth-order valence-corrected chi connectivity index (χ4v) is 5.04. The van der Waals surface area contributed by atoms with E-state index in [4.69, 9.17) is 0 Å². The highest BCUT2D eigenvalue weighted by Gasteiger charge is 2.41. The van der Waals surface area contributed by atoms with E-state index in [0.29, 0.717) is 11.3 Å². The Balaban J connectivity index is 1.75. The number of hydrogen-bond donors (Lipinski definition) is 1. The molecule has 1 N–H and O–H groups in total. The maximum Gasteiger partial charge on any atom is 0.255 e. The first kappa shape index (κ1) is 20.4. The monoisotopic (exact) mass is 411 g/mol. The molecule has 1 fully saturated rings. The molecule has 4 nitrogen and oxygen atoms in total. The lowest BCUT2D eigenvalue weighted by Gasteiger charge is -2.12. The first-order chi connectivity index (χ1) is 13.1. The Kier molecular flexibility index (Phi) is 5.52. The number of benzene rings is 2. The summed E-state index contributed by atoms with van der Waals surface area (Å²) < 4.78 is 65.2. The van der Waals surface area contributed by atoms with E-state index in [1.807, 2.05) is 0 Å². The van der Waals surface area contributed by atoms with Crippen LogP contribution in [0.3, 0.4) is 0 Å². The van der Waals surface area contributed by atoms with E-state index in [2.05, 4.69) is 5.32 Å². The molecule has 0 aromatic heterocycles. The van der Waals surface area contributed by atoms with Gasteiger partial charge in [0.25, 0.3) is 5.91 Å². The van der Waals surface area contributed by atoms with Crippen LogP contribution in [0.4, 0.5) is 18.9 Å². The smallest absolute Gasteiger partial charge is 0.255 e. The lowest BCUT2D eigenvalue weighted by molar-refractivity contribution is 0.00591. The standard InChI is InChI=1S/C20H20F3NO3S/c1-13-9-16(5-6-18(13)21)24-19(25)15-3-2-4-17(10-15)28(26,27)12-14-7-8-20(22,23)11-14/h2-6,9-10,14H,7-8,11-12H2,1H3,(H,24,25). The summed E-state index contributed by atoms with van der Waals surface area (Å²) in [6.45, 7) is 1.56. The molecule has 150 valence electrons. The van der Waals surface area contributed by atoms with Gasteiger partial charge in [-0.3, -0.25) is 4.79 Å². The summed E-state index contributed by atoms with van der Waals surface area (Å²) in [7, 11) is -3.80. The van der Waals surface area contributed by atoms with E-state index in [-0.39, 0.29) is 29.1 Å². The van der Waals surface area contributed by atoms with Gasteiger partial charge >= 0.3 is 0 Å². The van der Waals surface area contributed by atoms with Crippen molar-refractivity contribution in [2.75, 3.05) is 11.1 Å². The second kappa shape index (κ2) is 7.58. The van der Waals surface area contributed by atoms with Gasteiger partial charge in [-0.1, -0.05) is 6.07 Å². The molecule has 0 radical (unpaired) electrons. The number of alkyl halides is 2. The fourth-order valence-electron chi connectivity index (χ4n) is 3.35. The Labute approximate surface area is 161 Å². The largest absolute Gasteiger partial charge is 0.322 e. The molecule has 1 saturated carbocycles. The molecule has 28 heavy (non-hydrogen) atoms. The van der Waals surface area contributed by atoms with Crippen molar-refractivity contribution in [3.05, 3.63) is 59.4 Å². The third-order valence-corrected chi connectivity index (χ3v) is 6.71. The number of hydrogen-bond acceptors (Lipinski definition) is 3. The first-order valence-electron chi connectivity index (χ1n) is 8.84. The molecule has 1 unspecified atom stereocenters. The van der Waals surface area contributed by atoms with Crippen molar-refractivity contribution in [2.24, 2.45) is 5.92 Å². The van der Waals surface area contributed by atoms with Crippen LogP contribution in [0.1, 0.15) is 35.2 Å². The average Bonchev–Trinajstić information content (AvgIpc) is 2.96. The van der Waals surface area contributed by atoms with E-state index in [1.54, 1.807) is 6.92 Å². The van der Waals surface area contributed by atoms with Gasteiger partial charge in [0.1, 0.15) is 5.82 Å². The quantitative estimate of drug-likeness (QED) is 0.782. The van der Waals surface area contributed by atoms with Gasteiger partial charge in [0.2, 0.25) is 5.92 Å². The SMILES string of the molecule is Cc1cc(NC(=O)c2cccc(S(=O)(=O)CC3CCC(F)(F)C3)c2)ccc1F. The van der Waals surface area contributed by atoms with Gasteiger partial charge < -0.3 is 5.32 Å². The summed E-state index contributed by atoms with van der Waals surface area (Å²) in [4.78, 5) is 12.3. The third kappa shape index (κ3) is 4.73. The zero-order chi connectivity index (χ0) is 20.5. The molecular formula is C20H20F3NO3S. The fraction of sp³-hybridized carbons (Fsp3) is 0.350. The summed E-state index contributed by atoms with van der Waals surface area (Å²) in [5.74, 6) is -4.72. The van der Waals surface area contributed by atoms with Crippen molar-refractivity contribution >= 4 is 21.4 Å². The molecule has 3 rings (SSSR count). The van der Waals surface area contributed by atoms with Crippen LogP contribution in [0.15, 0.2) is 47.4 Å². The van der Waals surface area contributed by atoms with Crippen LogP contribution in [0, 0.1) is 18.7 Å². The Hall–Kier alpha value is -2.35. The van der Waals surface area contributed by atoms with Crippen molar-refractivity contribution in [3.63, 3.8) is 0 Å². The van der Waals surface area contributed by atoms with Gasteiger partial charge in [0, 0.05) is 24.1 Å². The van der Waals surface area contributed by atoms with Crippen LogP contribution >= 0.6 is 0 Å². The molecule has 2 aromatic carbocycles. The molecule has 0 saturated heterocycles. The maximum atomic E-state index is 13.3. The Morgan fingerprint density at radius 3 is 2.61 bits per heavy atom. The summed E-state index contributed by atoms with van der Waals surface area (Å²) in [6, 6.07) is 9.56. The molecule has 2 aromatic rings. The minimum atomic E-state index is -3.80. The highest BCUT2D eigenvalue weighted by Crippen LogP contribution is 2.40. The molecule has 0 bridgehead atoms. The van der Waals surface area contributed by atoms with Gasteiger partial charge in [-0.05, 0) is 61.2 Å². The van der Waals surface area contributed by atoms with E-state index in [1.165, 1.54) is 42.5 Å². The summed E-state index contributed by atoms with van der Waals surface area (Å²) in [5.41, 5.74) is 0.854. The third-order valence-electron chi connectivity index (χ3n) is 4.83. The highest BCUT2D eigenvalue weighted by atomic mass is 32.2. The molecule has 0 aliphatic heterocycles. The van der Waals surface area contributed by atoms with E-state index >= 15 is 0 Å². The number of anilines is 1. The topological polar surface area (TPSA) is 63.2 Å². The van der Waals surface area contributed by atoms with Crippen LogP contribution in [0.2, 0.25) is 0 Å². The van der Waals surface area contributed by atoms with Crippen LogP contribution < -0.4 is 5.32 Å². The molecule has 0 spiro atoms. The van der Waals surface area contributed by atoms with Gasteiger partial charge in [-0.15, -0.1) is 0 Å². The second-order valence-corrected chi connectivity index (χ2v) is 9.23. The number of nitrogens with one attached hydrogen (secondary N) is 1. The van der Waals surface area contributed by atoms with Gasteiger partial charge in [-0.2, -0.15) is 0 Å². The predicted molar refractivity (Wildman–Crippen MR) is 99.9 cm³/mol. The number of sulfone groups is 1. The molecule has 8 heteroatoms. The minimum Gasteiger partial charge on any atom is -0.322 e. The number of aryl methyl sites for hydroxylation is 1. The number of carbonyl (C=O) groups is 1. The van der Waals surface area contributed by atoms with Gasteiger partial charge in [0.05, 0.1) is 10.6 Å².